The minimum absolute atomic E-state index is 0.311. The van der Waals surface area contributed by atoms with Crippen LogP contribution in [0.1, 0.15) is 50.0 Å². The fourth-order valence-corrected chi connectivity index (χ4v) is 2.68. The van der Waals surface area contributed by atoms with Crippen LogP contribution in [0.4, 0.5) is 0 Å². The highest BCUT2D eigenvalue weighted by Gasteiger charge is 2.18. The summed E-state index contributed by atoms with van der Waals surface area (Å²) in [4.78, 5) is 15.4. The van der Waals surface area contributed by atoms with E-state index < -0.39 is 5.97 Å². The van der Waals surface area contributed by atoms with Gasteiger partial charge in [-0.15, -0.1) is 0 Å². The fourth-order valence-electron chi connectivity index (χ4n) is 2.68. The summed E-state index contributed by atoms with van der Waals surface area (Å²) in [6, 6.07) is 5.41. The number of aromatic carboxylic acids is 1. The van der Waals surface area contributed by atoms with Crippen LogP contribution in [0.3, 0.4) is 0 Å². The minimum Gasteiger partial charge on any atom is -0.478 e. The van der Waals surface area contributed by atoms with Gasteiger partial charge in [-0.05, 0) is 31.0 Å². The third-order valence-electron chi connectivity index (χ3n) is 3.99. The van der Waals surface area contributed by atoms with Crippen molar-refractivity contribution in [2.75, 3.05) is 0 Å². The summed E-state index contributed by atoms with van der Waals surface area (Å²) < 4.78 is 2.10. The first kappa shape index (κ1) is 13.6. The molecule has 19 heavy (non-hydrogen) atoms. The van der Waals surface area contributed by atoms with Crippen LogP contribution in [0.25, 0.3) is 11.0 Å². The summed E-state index contributed by atoms with van der Waals surface area (Å²) in [5, 5.41) is 9.08. The van der Waals surface area contributed by atoms with E-state index >= 15 is 0 Å². The van der Waals surface area contributed by atoms with Gasteiger partial charge < -0.3 is 9.67 Å². The largest absolute Gasteiger partial charge is 0.478 e. The third kappa shape index (κ3) is 2.48. The molecule has 0 aliphatic heterocycles. The Labute approximate surface area is 113 Å². The molecule has 1 unspecified atom stereocenters. The van der Waals surface area contributed by atoms with Crippen molar-refractivity contribution in [3.8, 4) is 0 Å². The Morgan fingerprint density at radius 1 is 1.37 bits per heavy atom. The van der Waals surface area contributed by atoms with Gasteiger partial charge in [0.15, 0.2) is 0 Å². The molecule has 0 fully saturated rings. The zero-order chi connectivity index (χ0) is 14.0. The molecule has 0 saturated heterocycles. The van der Waals surface area contributed by atoms with Crippen molar-refractivity contribution in [2.24, 2.45) is 5.92 Å². The Hall–Kier alpha value is -1.84. The van der Waals surface area contributed by atoms with Gasteiger partial charge in [-0.1, -0.05) is 26.7 Å². The molecule has 4 heteroatoms. The lowest BCUT2D eigenvalue weighted by Crippen LogP contribution is -2.14. The van der Waals surface area contributed by atoms with Gasteiger partial charge in [0.1, 0.15) is 0 Å². The topological polar surface area (TPSA) is 55.1 Å². The minimum atomic E-state index is -0.898. The van der Waals surface area contributed by atoms with E-state index in [1.54, 1.807) is 18.2 Å². The number of rotatable bonds is 5. The van der Waals surface area contributed by atoms with Gasteiger partial charge >= 0.3 is 5.97 Å². The highest BCUT2D eigenvalue weighted by atomic mass is 16.4. The van der Waals surface area contributed by atoms with Gasteiger partial charge in [0.2, 0.25) is 0 Å². The third-order valence-corrected chi connectivity index (χ3v) is 3.99. The maximum absolute atomic E-state index is 11.1. The fraction of sp³-hybridized carbons (Fsp3) is 0.467. The number of imidazole rings is 1. The Kier molecular flexibility index (Phi) is 3.88. The number of fused-ring (bicyclic) bond motifs is 1. The second kappa shape index (κ2) is 5.43. The van der Waals surface area contributed by atoms with Crippen molar-refractivity contribution in [3.05, 3.63) is 30.1 Å². The number of carboxylic acid groups (broad SMARTS) is 1. The molecule has 0 saturated carbocycles. The summed E-state index contributed by atoms with van der Waals surface area (Å²) in [6.45, 7) is 6.55. The first-order valence-electron chi connectivity index (χ1n) is 6.78. The van der Waals surface area contributed by atoms with Crippen molar-refractivity contribution in [2.45, 2.75) is 39.7 Å². The van der Waals surface area contributed by atoms with Crippen molar-refractivity contribution < 1.29 is 9.90 Å². The lowest BCUT2D eigenvalue weighted by Gasteiger charge is -2.23. The van der Waals surface area contributed by atoms with E-state index in [0.29, 0.717) is 17.5 Å². The quantitative estimate of drug-likeness (QED) is 0.891. The lowest BCUT2D eigenvalue weighted by atomic mass is 9.95. The Morgan fingerprint density at radius 2 is 2.05 bits per heavy atom. The normalized spacial score (nSPS) is 13.1. The molecule has 102 valence electrons. The number of carbonyl (C=O) groups is 1. The average molecular weight is 260 g/mol. The van der Waals surface area contributed by atoms with Crippen LogP contribution in [-0.2, 0) is 0 Å². The average Bonchev–Trinajstić information content (AvgIpc) is 2.82. The Balaban J connectivity index is 2.48. The molecule has 2 aromatic rings. The summed E-state index contributed by atoms with van der Waals surface area (Å²) in [5.74, 6) is -0.323. The monoisotopic (exact) mass is 260 g/mol. The Bertz CT molecular complexity index is 585. The first-order chi connectivity index (χ1) is 9.08. The van der Waals surface area contributed by atoms with Gasteiger partial charge in [-0.3, -0.25) is 0 Å². The highest BCUT2D eigenvalue weighted by Crippen LogP contribution is 2.28. The lowest BCUT2D eigenvalue weighted by molar-refractivity contribution is 0.0697. The van der Waals surface area contributed by atoms with Crippen LogP contribution >= 0.6 is 0 Å². The molecule has 0 radical (unpaired) electrons. The van der Waals surface area contributed by atoms with Crippen molar-refractivity contribution in [1.29, 1.82) is 0 Å². The molecule has 0 spiro atoms. The maximum atomic E-state index is 11.1. The van der Waals surface area contributed by atoms with E-state index in [1.165, 1.54) is 0 Å². The standard InChI is InChI=1S/C15H20N2O2/c1-4-11(5-2)10(3)17-9-16-13-7-6-12(15(18)19)8-14(13)17/h6-11H,4-5H2,1-3H3,(H,18,19). The molecule has 0 aliphatic rings. The molecular weight excluding hydrogens is 240 g/mol. The Morgan fingerprint density at radius 3 is 2.63 bits per heavy atom. The molecule has 1 aromatic carbocycles. The van der Waals surface area contributed by atoms with Gasteiger partial charge in [0.25, 0.3) is 0 Å². The molecule has 0 bridgehead atoms. The maximum Gasteiger partial charge on any atom is 0.335 e. The molecular formula is C15H20N2O2. The van der Waals surface area contributed by atoms with Crippen LogP contribution in [-0.4, -0.2) is 20.6 Å². The smallest absolute Gasteiger partial charge is 0.335 e. The number of carboxylic acids is 1. The number of nitrogens with zero attached hydrogens (tertiary/aromatic N) is 2. The number of hydrogen-bond donors (Lipinski definition) is 1. The molecule has 4 nitrogen and oxygen atoms in total. The SMILES string of the molecule is CCC(CC)C(C)n1cnc2ccc(C(=O)O)cc21. The summed E-state index contributed by atoms with van der Waals surface area (Å²) >= 11 is 0. The first-order valence-corrected chi connectivity index (χ1v) is 6.78. The number of hydrogen-bond acceptors (Lipinski definition) is 2. The van der Waals surface area contributed by atoms with E-state index in [4.69, 9.17) is 5.11 Å². The predicted molar refractivity (Wildman–Crippen MR) is 75.5 cm³/mol. The highest BCUT2D eigenvalue weighted by molar-refractivity contribution is 5.92. The van der Waals surface area contributed by atoms with Crippen LogP contribution in [0.15, 0.2) is 24.5 Å². The van der Waals surface area contributed by atoms with Gasteiger partial charge in [0, 0.05) is 6.04 Å². The van der Waals surface area contributed by atoms with Gasteiger partial charge in [-0.25, -0.2) is 9.78 Å². The molecule has 2 rings (SSSR count). The van der Waals surface area contributed by atoms with Gasteiger partial charge in [-0.2, -0.15) is 0 Å². The van der Waals surface area contributed by atoms with E-state index in [1.807, 2.05) is 6.33 Å². The second-order valence-corrected chi connectivity index (χ2v) is 4.98. The summed E-state index contributed by atoms with van der Waals surface area (Å²) in [6.07, 6.45) is 4.03. The van der Waals surface area contributed by atoms with E-state index in [2.05, 4.69) is 30.3 Å². The van der Waals surface area contributed by atoms with E-state index in [9.17, 15) is 4.79 Å². The molecule has 1 aromatic heterocycles. The molecule has 1 heterocycles. The molecule has 0 aliphatic carbocycles. The van der Waals surface area contributed by atoms with Crippen molar-refractivity contribution >= 4 is 17.0 Å². The summed E-state index contributed by atoms with van der Waals surface area (Å²) in [5.41, 5.74) is 2.06. The van der Waals surface area contributed by atoms with E-state index in [-0.39, 0.29) is 0 Å². The van der Waals surface area contributed by atoms with Crippen molar-refractivity contribution in [3.63, 3.8) is 0 Å². The number of benzene rings is 1. The van der Waals surface area contributed by atoms with E-state index in [0.717, 1.165) is 23.9 Å². The van der Waals surface area contributed by atoms with Crippen LogP contribution < -0.4 is 0 Å². The second-order valence-electron chi connectivity index (χ2n) is 4.98. The van der Waals surface area contributed by atoms with Gasteiger partial charge in [0.05, 0.1) is 22.9 Å². The number of aromatic nitrogens is 2. The molecule has 1 atom stereocenters. The predicted octanol–water partition coefficient (Wildman–Crippen LogP) is 3.73. The molecule has 0 amide bonds. The zero-order valence-corrected chi connectivity index (χ0v) is 11.6. The zero-order valence-electron chi connectivity index (χ0n) is 11.6. The van der Waals surface area contributed by atoms with Crippen LogP contribution in [0, 0.1) is 5.92 Å². The summed E-state index contributed by atoms with van der Waals surface area (Å²) in [7, 11) is 0. The van der Waals surface area contributed by atoms with Crippen LogP contribution in [0.5, 0.6) is 0 Å². The van der Waals surface area contributed by atoms with Crippen molar-refractivity contribution in [1.82, 2.24) is 9.55 Å². The van der Waals surface area contributed by atoms with Crippen LogP contribution in [0.2, 0.25) is 0 Å². The molecule has 1 N–H and O–H groups in total.